The Morgan fingerprint density at radius 2 is 1.79 bits per heavy atom. The molecule has 0 atom stereocenters. The van der Waals surface area contributed by atoms with Crippen LogP contribution in [0.4, 0.5) is 16.2 Å². The summed E-state index contributed by atoms with van der Waals surface area (Å²) < 4.78 is 0. The maximum absolute atomic E-state index is 11.9. The number of urea groups is 1. The van der Waals surface area contributed by atoms with Gasteiger partial charge in [-0.15, -0.1) is 11.3 Å². The van der Waals surface area contributed by atoms with Crippen LogP contribution in [0.25, 0.3) is 0 Å². The second-order valence-electron chi connectivity index (χ2n) is 4.95. The zero-order valence-corrected chi connectivity index (χ0v) is 13.7. The van der Waals surface area contributed by atoms with Crippen molar-refractivity contribution in [2.45, 2.75) is 12.8 Å². The summed E-state index contributed by atoms with van der Waals surface area (Å²) in [7, 11) is 0. The molecule has 5 N–H and O–H groups in total. The van der Waals surface area contributed by atoms with Crippen molar-refractivity contribution in [1.29, 1.82) is 0 Å². The maximum atomic E-state index is 11.9. The topological polar surface area (TPSA) is 113 Å². The van der Waals surface area contributed by atoms with Gasteiger partial charge in [-0.25, -0.2) is 4.79 Å². The van der Waals surface area contributed by atoms with Crippen LogP contribution in [-0.4, -0.2) is 24.4 Å². The highest BCUT2D eigenvalue weighted by Gasteiger charge is 2.07. The standard InChI is InChI=1S/C16H18N4O3S/c17-16(23)20-12-5-1-4-11(10-12)19-14(21)7-2-8-18-15(22)13-6-3-9-24-13/h1,3-6,9-10H,2,7-8H2,(H,18,22)(H,19,21)(H3,17,20,23). The molecule has 4 amide bonds. The van der Waals surface area contributed by atoms with Gasteiger partial charge in [-0.3, -0.25) is 9.59 Å². The number of benzene rings is 1. The second kappa shape index (κ2) is 8.68. The van der Waals surface area contributed by atoms with Crippen LogP contribution in [0.5, 0.6) is 0 Å². The zero-order valence-electron chi connectivity index (χ0n) is 12.9. The molecule has 0 unspecified atom stereocenters. The molecule has 126 valence electrons. The van der Waals surface area contributed by atoms with Crippen LogP contribution in [0.1, 0.15) is 22.5 Å². The van der Waals surface area contributed by atoms with Gasteiger partial charge in [-0.1, -0.05) is 12.1 Å². The Labute approximate surface area is 143 Å². The van der Waals surface area contributed by atoms with Crippen LogP contribution < -0.4 is 21.7 Å². The van der Waals surface area contributed by atoms with E-state index in [1.165, 1.54) is 11.3 Å². The van der Waals surface area contributed by atoms with Gasteiger partial charge >= 0.3 is 6.03 Å². The first kappa shape index (κ1) is 17.5. The van der Waals surface area contributed by atoms with Gasteiger partial charge in [0.25, 0.3) is 5.91 Å². The van der Waals surface area contributed by atoms with E-state index < -0.39 is 6.03 Å². The number of thiophene rings is 1. The van der Waals surface area contributed by atoms with Crippen molar-refractivity contribution in [3.05, 3.63) is 46.7 Å². The highest BCUT2D eigenvalue weighted by atomic mass is 32.1. The molecule has 1 heterocycles. The van der Waals surface area contributed by atoms with E-state index in [0.717, 1.165) is 0 Å². The van der Waals surface area contributed by atoms with Crippen molar-refractivity contribution >= 4 is 40.6 Å². The number of carbonyl (C=O) groups is 3. The van der Waals surface area contributed by atoms with E-state index >= 15 is 0 Å². The first-order valence-electron chi connectivity index (χ1n) is 7.32. The number of nitrogens with two attached hydrogens (primary N) is 1. The molecule has 2 aromatic rings. The predicted molar refractivity (Wildman–Crippen MR) is 94.2 cm³/mol. The maximum Gasteiger partial charge on any atom is 0.316 e. The van der Waals surface area contributed by atoms with Gasteiger partial charge in [-0.2, -0.15) is 0 Å². The highest BCUT2D eigenvalue weighted by Crippen LogP contribution is 2.15. The Bertz CT molecular complexity index is 716. The van der Waals surface area contributed by atoms with Crippen molar-refractivity contribution in [2.75, 3.05) is 17.2 Å². The van der Waals surface area contributed by atoms with Crippen molar-refractivity contribution in [2.24, 2.45) is 5.73 Å². The van der Waals surface area contributed by atoms with Crippen molar-refractivity contribution in [1.82, 2.24) is 5.32 Å². The Balaban J connectivity index is 1.71. The number of carbonyl (C=O) groups excluding carboxylic acids is 3. The lowest BCUT2D eigenvalue weighted by Gasteiger charge is -2.08. The Morgan fingerprint density at radius 1 is 1.04 bits per heavy atom. The molecule has 0 saturated carbocycles. The first-order valence-corrected chi connectivity index (χ1v) is 8.20. The Kier molecular flexibility index (Phi) is 6.32. The monoisotopic (exact) mass is 346 g/mol. The van der Waals surface area contributed by atoms with Gasteiger partial charge < -0.3 is 21.7 Å². The molecule has 0 aliphatic heterocycles. The van der Waals surface area contributed by atoms with Crippen molar-refractivity contribution in [3.8, 4) is 0 Å². The summed E-state index contributed by atoms with van der Waals surface area (Å²) >= 11 is 1.37. The van der Waals surface area contributed by atoms with E-state index in [2.05, 4.69) is 16.0 Å². The summed E-state index contributed by atoms with van der Waals surface area (Å²) in [6.07, 6.45) is 0.806. The average molecular weight is 346 g/mol. The molecule has 0 fully saturated rings. The van der Waals surface area contributed by atoms with Gasteiger partial charge in [0.1, 0.15) is 0 Å². The summed E-state index contributed by atoms with van der Waals surface area (Å²) in [5.74, 6) is -0.299. The van der Waals surface area contributed by atoms with Crippen LogP contribution >= 0.6 is 11.3 Å². The fraction of sp³-hybridized carbons (Fsp3) is 0.188. The van der Waals surface area contributed by atoms with E-state index in [1.807, 2.05) is 11.4 Å². The minimum Gasteiger partial charge on any atom is -0.351 e. The molecular formula is C16H18N4O3S. The second-order valence-corrected chi connectivity index (χ2v) is 5.90. The summed E-state index contributed by atoms with van der Waals surface area (Å²) in [5.41, 5.74) is 6.11. The molecule has 0 bridgehead atoms. The first-order chi connectivity index (χ1) is 11.5. The van der Waals surface area contributed by atoms with Gasteiger partial charge in [0.05, 0.1) is 4.88 Å². The average Bonchev–Trinajstić information content (AvgIpc) is 3.05. The molecule has 0 radical (unpaired) electrons. The lowest BCUT2D eigenvalue weighted by atomic mass is 10.2. The lowest BCUT2D eigenvalue weighted by molar-refractivity contribution is -0.116. The minimum absolute atomic E-state index is 0.129. The molecule has 0 aliphatic rings. The summed E-state index contributed by atoms with van der Waals surface area (Å²) in [5, 5.41) is 9.77. The number of rotatable bonds is 7. The molecule has 1 aromatic heterocycles. The third kappa shape index (κ3) is 5.73. The SMILES string of the molecule is NC(=O)Nc1cccc(NC(=O)CCCNC(=O)c2cccs2)c1. The van der Waals surface area contributed by atoms with E-state index in [1.54, 1.807) is 30.3 Å². The van der Waals surface area contributed by atoms with Crippen LogP contribution in [0.2, 0.25) is 0 Å². The number of primary amides is 1. The van der Waals surface area contributed by atoms with E-state index in [-0.39, 0.29) is 18.2 Å². The minimum atomic E-state index is -0.667. The molecule has 0 saturated heterocycles. The number of hydrogen-bond donors (Lipinski definition) is 4. The normalized spacial score (nSPS) is 10.0. The smallest absolute Gasteiger partial charge is 0.316 e. The highest BCUT2D eigenvalue weighted by molar-refractivity contribution is 7.12. The lowest BCUT2D eigenvalue weighted by Crippen LogP contribution is -2.24. The molecule has 2 rings (SSSR count). The van der Waals surface area contributed by atoms with Crippen LogP contribution in [0.3, 0.4) is 0 Å². The molecule has 7 nitrogen and oxygen atoms in total. The van der Waals surface area contributed by atoms with Gasteiger partial charge in [0.2, 0.25) is 5.91 Å². The number of nitrogens with one attached hydrogen (secondary N) is 3. The fourth-order valence-electron chi connectivity index (χ4n) is 1.99. The zero-order chi connectivity index (χ0) is 17.4. The molecular weight excluding hydrogens is 328 g/mol. The molecule has 8 heteroatoms. The summed E-state index contributed by atoms with van der Waals surface area (Å²) in [6.45, 7) is 0.424. The third-order valence-corrected chi connectivity index (χ3v) is 3.89. The number of hydrogen-bond acceptors (Lipinski definition) is 4. The van der Waals surface area contributed by atoms with Gasteiger partial charge in [0, 0.05) is 24.3 Å². The number of amides is 4. The molecule has 1 aromatic carbocycles. The quantitative estimate of drug-likeness (QED) is 0.577. The van der Waals surface area contributed by atoms with Crippen LogP contribution in [-0.2, 0) is 4.79 Å². The largest absolute Gasteiger partial charge is 0.351 e. The molecule has 0 aliphatic carbocycles. The van der Waals surface area contributed by atoms with Gasteiger partial charge in [-0.05, 0) is 36.1 Å². The van der Waals surface area contributed by atoms with Crippen LogP contribution in [0, 0.1) is 0 Å². The predicted octanol–water partition coefficient (Wildman–Crippen LogP) is 2.39. The molecule has 24 heavy (non-hydrogen) atoms. The van der Waals surface area contributed by atoms with E-state index in [0.29, 0.717) is 29.2 Å². The number of anilines is 2. The van der Waals surface area contributed by atoms with E-state index in [9.17, 15) is 14.4 Å². The van der Waals surface area contributed by atoms with Crippen LogP contribution in [0.15, 0.2) is 41.8 Å². The summed E-state index contributed by atoms with van der Waals surface area (Å²) in [4.78, 5) is 35.1. The fourth-order valence-corrected chi connectivity index (χ4v) is 2.63. The van der Waals surface area contributed by atoms with Crippen molar-refractivity contribution < 1.29 is 14.4 Å². The summed E-state index contributed by atoms with van der Waals surface area (Å²) in [6, 6.07) is 9.58. The Morgan fingerprint density at radius 3 is 2.46 bits per heavy atom. The third-order valence-electron chi connectivity index (χ3n) is 3.03. The van der Waals surface area contributed by atoms with E-state index in [4.69, 9.17) is 5.73 Å². The Hall–Kier alpha value is -2.87. The van der Waals surface area contributed by atoms with Gasteiger partial charge in [0.15, 0.2) is 0 Å². The molecule has 0 spiro atoms. The van der Waals surface area contributed by atoms with Crippen molar-refractivity contribution in [3.63, 3.8) is 0 Å².